The van der Waals surface area contributed by atoms with Crippen molar-refractivity contribution in [1.29, 1.82) is 0 Å². The second kappa shape index (κ2) is 7.64. The molecule has 0 bridgehead atoms. The molecule has 0 spiro atoms. The fourth-order valence-corrected chi connectivity index (χ4v) is 6.03. The van der Waals surface area contributed by atoms with E-state index in [-0.39, 0.29) is 23.5 Å². The van der Waals surface area contributed by atoms with Gasteiger partial charge in [0.15, 0.2) is 5.69 Å². The highest BCUT2D eigenvalue weighted by Gasteiger charge is 2.40. The highest BCUT2D eigenvalue weighted by molar-refractivity contribution is 7.86. The van der Waals surface area contributed by atoms with Crippen LogP contribution in [0.2, 0.25) is 0 Å². The molecule has 29 heavy (non-hydrogen) atoms. The van der Waals surface area contributed by atoms with Gasteiger partial charge in [0.2, 0.25) is 0 Å². The first-order chi connectivity index (χ1) is 13.7. The zero-order valence-electron chi connectivity index (χ0n) is 17.1. The van der Waals surface area contributed by atoms with Gasteiger partial charge in [0.05, 0.1) is 0 Å². The molecule has 1 saturated carbocycles. The summed E-state index contributed by atoms with van der Waals surface area (Å²) in [5, 5.41) is 6.87. The van der Waals surface area contributed by atoms with Crippen molar-refractivity contribution in [3.63, 3.8) is 0 Å². The number of hydrogen-bond donors (Lipinski definition) is 2. The van der Waals surface area contributed by atoms with Gasteiger partial charge < -0.3 is 15.6 Å². The predicted octanol–water partition coefficient (Wildman–Crippen LogP) is 1.19. The molecule has 1 aromatic rings. The predicted molar refractivity (Wildman–Crippen MR) is 107 cm³/mol. The summed E-state index contributed by atoms with van der Waals surface area (Å²) in [5.74, 6) is 0.927. The van der Waals surface area contributed by atoms with Crippen molar-refractivity contribution in [2.75, 3.05) is 19.6 Å². The Hall–Kier alpha value is -1.49. The number of carbonyl (C=O) groups excluding carboxylic acids is 1. The zero-order valence-corrected chi connectivity index (χ0v) is 18.0. The van der Waals surface area contributed by atoms with Gasteiger partial charge in [-0.05, 0) is 52.4 Å². The second-order valence-corrected chi connectivity index (χ2v) is 11.0. The molecule has 3 aliphatic rings. The quantitative estimate of drug-likeness (QED) is 0.731. The molecule has 0 aromatic carbocycles. The van der Waals surface area contributed by atoms with E-state index in [1.165, 1.54) is 0 Å². The summed E-state index contributed by atoms with van der Waals surface area (Å²) < 4.78 is 34.5. The van der Waals surface area contributed by atoms with Crippen LogP contribution in [0.15, 0.2) is 10.6 Å². The number of rotatable bonds is 5. The molecule has 0 radical (unpaired) electrons. The average molecular weight is 426 g/mol. The number of piperidine rings is 2. The van der Waals surface area contributed by atoms with Crippen LogP contribution in [0.5, 0.6) is 0 Å². The Kier molecular flexibility index (Phi) is 5.47. The van der Waals surface area contributed by atoms with E-state index in [2.05, 4.69) is 10.5 Å². The van der Waals surface area contributed by atoms with Gasteiger partial charge >= 0.3 is 0 Å². The van der Waals surface area contributed by atoms with E-state index in [4.69, 9.17) is 10.3 Å². The molecule has 2 aliphatic heterocycles. The molecule has 4 rings (SSSR count). The Morgan fingerprint density at radius 1 is 1.28 bits per heavy atom. The van der Waals surface area contributed by atoms with E-state index < -0.39 is 10.2 Å². The molecule has 2 saturated heterocycles. The number of nitrogens with one attached hydrogen (secondary N) is 1. The van der Waals surface area contributed by atoms with Gasteiger partial charge in [0.25, 0.3) is 16.1 Å². The fraction of sp³-hybridized carbons (Fsp3) is 0.789. The van der Waals surface area contributed by atoms with Crippen molar-refractivity contribution in [2.24, 2.45) is 5.73 Å². The van der Waals surface area contributed by atoms with E-state index in [1.807, 2.05) is 13.8 Å². The minimum absolute atomic E-state index is 0.0845. The van der Waals surface area contributed by atoms with Crippen LogP contribution in [-0.4, -0.2) is 65.3 Å². The summed E-state index contributed by atoms with van der Waals surface area (Å²) in [5.41, 5.74) is 6.14. The molecule has 1 amide bonds. The fourth-order valence-electron chi connectivity index (χ4n) is 4.22. The summed E-state index contributed by atoms with van der Waals surface area (Å²) in [6.07, 6.45) is 4.64. The molecule has 0 unspecified atom stereocenters. The van der Waals surface area contributed by atoms with Crippen LogP contribution in [-0.2, 0) is 10.2 Å². The Bertz CT molecular complexity index is 854. The van der Waals surface area contributed by atoms with Crippen LogP contribution in [0.3, 0.4) is 0 Å². The Morgan fingerprint density at radius 2 is 1.97 bits per heavy atom. The molecule has 10 heteroatoms. The maximum atomic E-state index is 13.1. The maximum absolute atomic E-state index is 13.1. The lowest BCUT2D eigenvalue weighted by Gasteiger charge is -2.42. The Morgan fingerprint density at radius 3 is 2.59 bits per heavy atom. The molecular formula is C19H31N5O4S. The molecule has 3 N–H and O–H groups in total. The van der Waals surface area contributed by atoms with Crippen LogP contribution in [0, 0.1) is 0 Å². The molecule has 3 fully saturated rings. The van der Waals surface area contributed by atoms with Crippen LogP contribution in [0.25, 0.3) is 0 Å². The van der Waals surface area contributed by atoms with Crippen LogP contribution in [0.1, 0.15) is 74.5 Å². The summed E-state index contributed by atoms with van der Waals surface area (Å²) >= 11 is 0. The van der Waals surface area contributed by atoms with E-state index in [0.717, 1.165) is 18.6 Å². The lowest BCUT2D eigenvalue weighted by Crippen LogP contribution is -2.57. The van der Waals surface area contributed by atoms with Gasteiger partial charge in [-0.25, -0.2) is 0 Å². The molecule has 2 atom stereocenters. The minimum Gasteiger partial charge on any atom is -0.360 e. The van der Waals surface area contributed by atoms with Crippen molar-refractivity contribution >= 4 is 16.1 Å². The van der Waals surface area contributed by atoms with Crippen LogP contribution >= 0.6 is 0 Å². The number of nitrogens with two attached hydrogens (primary N) is 1. The third-order valence-electron chi connectivity index (χ3n) is 6.38. The molecular weight excluding hydrogens is 394 g/mol. The topological polar surface area (TPSA) is 122 Å². The highest BCUT2D eigenvalue weighted by atomic mass is 32.2. The lowest BCUT2D eigenvalue weighted by atomic mass is 9.92. The van der Waals surface area contributed by atoms with E-state index in [0.29, 0.717) is 56.9 Å². The molecule has 3 heterocycles. The monoisotopic (exact) mass is 425 g/mol. The SMILES string of the molecule is C[C@H]1C[C@@H](NC(=O)c2cc(C3CC3)on2)CCN1S(=O)(=O)N1CCC(C)(N)CC1. The van der Waals surface area contributed by atoms with Crippen molar-refractivity contribution in [3.8, 4) is 0 Å². The third-order valence-corrected chi connectivity index (χ3v) is 8.53. The lowest BCUT2D eigenvalue weighted by molar-refractivity contribution is 0.0903. The third kappa shape index (κ3) is 4.50. The standard InChI is InChI=1S/C19H31N5O4S/c1-13-11-15(21-18(25)16-12-17(28-22-16)14-3-4-14)5-8-24(13)29(26,27)23-9-6-19(2,20)7-10-23/h12-15H,3-11,20H2,1-2H3,(H,21,25)/t13-,15-/m0/s1. The molecule has 9 nitrogen and oxygen atoms in total. The summed E-state index contributed by atoms with van der Waals surface area (Å²) in [7, 11) is -3.52. The number of amides is 1. The van der Waals surface area contributed by atoms with Gasteiger partial charge in [0.1, 0.15) is 5.76 Å². The van der Waals surface area contributed by atoms with Gasteiger partial charge in [-0.2, -0.15) is 17.0 Å². The number of aromatic nitrogens is 1. The largest absolute Gasteiger partial charge is 0.360 e. The highest BCUT2D eigenvalue weighted by Crippen LogP contribution is 2.40. The first-order valence-electron chi connectivity index (χ1n) is 10.5. The summed E-state index contributed by atoms with van der Waals surface area (Å²) in [6.45, 7) is 5.16. The van der Waals surface area contributed by atoms with Gasteiger partial charge in [-0.15, -0.1) is 0 Å². The van der Waals surface area contributed by atoms with Crippen molar-refractivity contribution in [3.05, 3.63) is 17.5 Å². The first-order valence-corrected chi connectivity index (χ1v) is 11.9. The smallest absolute Gasteiger partial charge is 0.282 e. The molecule has 1 aromatic heterocycles. The first kappa shape index (κ1) is 20.8. The van der Waals surface area contributed by atoms with Crippen molar-refractivity contribution < 1.29 is 17.7 Å². The van der Waals surface area contributed by atoms with Crippen LogP contribution < -0.4 is 11.1 Å². The zero-order chi connectivity index (χ0) is 20.8. The van der Waals surface area contributed by atoms with Crippen molar-refractivity contribution in [1.82, 2.24) is 19.1 Å². The molecule has 1 aliphatic carbocycles. The number of carbonyl (C=O) groups is 1. The van der Waals surface area contributed by atoms with Crippen molar-refractivity contribution in [2.45, 2.75) is 75.9 Å². The van der Waals surface area contributed by atoms with E-state index >= 15 is 0 Å². The number of hydrogen-bond acceptors (Lipinski definition) is 6. The number of nitrogens with zero attached hydrogens (tertiary/aromatic N) is 3. The maximum Gasteiger partial charge on any atom is 0.282 e. The molecule has 162 valence electrons. The van der Waals surface area contributed by atoms with Gasteiger partial charge in [-0.1, -0.05) is 5.16 Å². The van der Waals surface area contributed by atoms with Crippen LogP contribution in [0.4, 0.5) is 0 Å². The summed E-state index contributed by atoms with van der Waals surface area (Å²) in [6, 6.07) is 1.45. The Labute approximate surface area is 172 Å². The second-order valence-electron chi connectivity index (χ2n) is 9.10. The Balaban J connectivity index is 1.33. The normalized spacial score (nSPS) is 28.9. The van der Waals surface area contributed by atoms with Gasteiger partial charge in [-0.3, -0.25) is 4.79 Å². The average Bonchev–Trinajstić information content (AvgIpc) is 3.37. The van der Waals surface area contributed by atoms with E-state index in [9.17, 15) is 13.2 Å². The minimum atomic E-state index is -3.52. The van der Waals surface area contributed by atoms with E-state index in [1.54, 1.807) is 14.7 Å². The van der Waals surface area contributed by atoms with Gasteiger partial charge in [0, 0.05) is 49.2 Å². The summed E-state index contributed by atoms with van der Waals surface area (Å²) in [4.78, 5) is 12.5.